The van der Waals surface area contributed by atoms with Gasteiger partial charge in [0, 0.05) is 43.6 Å². The summed E-state index contributed by atoms with van der Waals surface area (Å²) >= 11 is 0. The van der Waals surface area contributed by atoms with Crippen molar-refractivity contribution in [2.45, 2.75) is 19.1 Å². The number of rotatable bonds is 3. The molecule has 1 aliphatic rings. The van der Waals surface area contributed by atoms with Crippen molar-refractivity contribution in [1.82, 2.24) is 14.9 Å². The van der Waals surface area contributed by atoms with Gasteiger partial charge in [0.1, 0.15) is 0 Å². The fourth-order valence-electron chi connectivity index (χ4n) is 3.72. The summed E-state index contributed by atoms with van der Waals surface area (Å²) in [6.45, 7) is 3.83. The van der Waals surface area contributed by atoms with Crippen LogP contribution in [0.2, 0.25) is 0 Å². The largest absolute Gasteiger partial charge is 0.416 e. The summed E-state index contributed by atoms with van der Waals surface area (Å²) in [6, 6.07) is 13.7. The first-order chi connectivity index (χ1) is 14.8. The van der Waals surface area contributed by atoms with Gasteiger partial charge in [0.15, 0.2) is 0 Å². The quantitative estimate of drug-likeness (QED) is 0.618. The molecule has 1 aromatic heterocycles. The Labute approximate surface area is 178 Å². The molecular weight excluding hydrogens is 405 g/mol. The number of carbonyl (C=O) groups excluding carboxylic acids is 1. The van der Waals surface area contributed by atoms with Crippen molar-refractivity contribution in [1.29, 1.82) is 0 Å². The summed E-state index contributed by atoms with van der Waals surface area (Å²) in [6.07, 6.45) is -0.965. The minimum Gasteiger partial charge on any atom is -0.337 e. The number of piperazine rings is 1. The van der Waals surface area contributed by atoms with Crippen LogP contribution in [0.4, 0.5) is 19.1 Å². The number of amides is 1. The second-order valence-corrected chi connectivity index (χ2v) is 7.49. The van der Waals surface area contributed by atoms with E-state index in [4.69, 9.17) is 0 Å². The van der Waals surface area contributed by atoms with Crippen molar-refractivity contribution >= 4 is 11.9 Å². The number of halogens is 3. The van der Waals surface area contributed by atoms with E-state index in [1.54, 1.807) is 42.7 Å². The van der Waals surface area contributed by atoms with E-state index in [1.165, 1.54) is 12.1 Å². The standard InChI is InChI=1S/C23H21F3N4O/c1-16-15-29(22-27-11-2-12-28-22)13-14-30(16)21(31)19-5-3-17(4-6-19)18-7-9-20(10-8-18)23(24,25)26/h2-12,16H,13-15H2,1H3/t16-/m0/s1. The molecule has 160 valence electrons. The molecule has 1 aliphatic heterocycles. The number of hydrogen-bond acceptors (Lipinski definition) is 4. The van der Waals surface area contributed by atoms with Gasteiger partial charge in [0.05, 0.1) is 5.56 Å². The number of anilines is 1. The third-order valence-corrected chi connectivity index (χ3v) is 5.40. The van der Waals surface area contributed by atoms with E-state index < -0.39 is 11.7 Å². The lowest BCUT2D eigenvalue weighted by Crippen LogP contribution is -2.54. The lowest BCUT2D eigenvalue weighted by Gasteiger charge is -2.39. The zero-order chi connectivity index (χ0) is 22.0. The first kappa shape index (κ1) is 20.8. The normalized spacial score (nSPS) is 17.0. The highest BCUT2D eigenvalue weighted by atomic mass is 19.4. The van der Waals surface area contributed by atoms with Crippen molar-refractivity contribution in [3.8, 4) is 11.1 Å². The van der Waals surface area contributed by atoms with Crippen LogP contribution in [0, 0.1) is 0 Å². The topological polar surface area (TPSA) is 49.3 Å². The maximum absolute atomic E-state index is 13.0. The Hall–Kier alpha value is -3.42. The molecule has 0 radical (unpaired) electrons. The van der Waals surface area contributed by atoms with Crippen LogP contribution in [0.25, 0.3) is 11.1 Å². The van der Waals surface area contributed by atoms with Gasteiger partial charge in [0.25, 0.3) is 5.91 Å². The molecule has 1 atom stereocenters. The van der Waals surface area contributed by atoms with Crippen molar-refractivity contribution in [2.24, 2.45) is 0 Å². The molecule has 1 fully saturated rings. The molecule has 0 unspecified atom stereocenters. The number of aromatic nitrogens is 2. The summed E-state index contributed by atoms with van der Waals surface area (Å²) < 4.78 is 38.2. The van der Waals surface area contributed by atoms with Gasteiger partial charge in [-0.2, -0.15) is 13.2 Å². The first-order valence-corrected chi connectivity index (χ1v) is 9.93. The van der Waals surface area contributed by atoms with Crippen LogP contribution in [0.5, 0.6) is 0 Å². The molecule has 0 aliphatic carbocycles. The van der Waals surface area contributed by atoms with E-state index in [1.807, 2.05) is 11.8 Å². The van der Waals surface area contributed by atoms with Crippen LogP contribution in [0.15, 0.2) is 67.0 Å². The smallest absolute Gasteiger partial charge is 0.337 e. The molecule has 2 heterocycles. The van der Waals surface area contributed by atoms with Gasteiger partial charge < -0.3 is 9.80 Å². The van der Waals surface area contributed by atoms with Crippen molar-refractivity contribution in [3.63, 3.8) is 0 Å². The van der Waals surface area contributed by atoms with E-state index in [2.05, 4.69) is 14.9 Å². The third-order valence-electron chi connectivity index (χ3n) is 5.40. The molecule has 31 heavy (non-hydrogen) atoms. The summed E-state index contributed by atoms with van der Waals surface area (Å²) in [5, 5.41) is 0. The second kappa shape index (κ2) is 8.37. The molecule has 0 N–H and O–H groups in total. The Morgan fingerprint density at radius 1 is 0.935 bits per heavy atom. The predicted octanol–water partition coefficient (Wildman–Crippen LogP) is 4.51. The number of hydrogen-bond donors (Lipinski definition) is 0. The van der Waals surface area contributed by atoms with Crippen LogP contribution in [0.1, 0.15) is 22.8 Å². The van der Waals surface area contributed by atoms with Crippen molar-refractivity contribution in [3.05, 3.63) is 78.1 Å². The summed E-state index contributed by atoms with van der Waals surface area (Å²) in [4.78, 5) is 25.4. The molecule has 4 rings (SSSR count). The highest BCUT2D eigenvalue weighted by Crippen LogP contribution is 2.31. The third kappa shape index (κ3) is 4.52. The van der Waals surface area contributed by atoms with Crippen LogP contribution in [-0.2, 0) is 6.18 Å². The number of nitrogens with zero attached hydrogens (tertiary/aromatic N) is 4. The van der Waals surface area contributed by atoms with Crippen LogP contribution >= 0.6 is 0 Å². The van der Waals surface area contributed by atoms with Crippen LogP contribution < -0.4 is 4.90 Å². The predicted molar refractivity (Wildman–Crippen MR) is 112 cm³/mol. The highest BCUT2D eigenvalue weighted by Gasteiger charge is 2.30. The SMILES string of the molecule is C[C@H]1CN(c2ncccn2)CCN1C(=O)c1ccc(-c2ccc(C(F)(F)F)cc2)cc1. The van der Waals surface area contributed by atoms with Gasteiger partial charge >= 0.3 is 6.18 Å². The molecule has 3 aromatic rings. The van der Waals surface area contributed by atoms with Crippen LogP contribution in [-0.4, -0.2) is 46.5 Å². The fraction of sp³-hybridized carbons (Fsp3) is 0.261. The second-order valence-electron chi connectivity index (χ2n) is 7.49. The van der Waals surface area contributed by atoms with E-state index in [0.29, 0.717) is 36.7 Å². The molecule has 0 bridgehead atoms. The molecule has 5 nitrogen and oxygen atoms in total. The lowest BCUT2D eigenvalue weighted by atomic mass is 10.0. The Morgan fingerprint density at radius 3 is 2.06 bits per heavy atom. The van der Waals surface area contributed by atoms with E-state index in [-0.39, 0.29) is 11.9 Å². The van der Waals surface area contributed by atoms with Gasteiger partial charge in [-0.05, 0) is 48.4 Å². The van der Waals surface area contributed by atoms with E-state index >= 15 is 0 Å². The Kier molecular flexibility index (Phi) is 5.63. The number of alkyl halides is 3. The number of benzene rings is 2. The first-order valence-electron chi connectivity index (χ1n) is 9.93. The fourth-order valence-corrected chi connectivity index (χ4v) is 3.72. The minimum atomic E-state index is -4.36. The van der Waals surface area contributed by atoms with Gasteiger partial charge in [0.2, 0.25) is 5.95 Å². The molecule has 8 heteroatoms. The van der Waals surface area contributed by atoms with Gasteiger partial charge in [-0.1, -0.05) is 24.3 Å². The highest BCUT2D eigenvalue weighted by molar-refractivity contribution is 5.95. The Morgan fingerprint density at radius 2 is 1.52 bits per heavy atom. The Balaban J connectivity index is 1.44. The molecule has 1 amide bonds. The zero-order valence-corrected chi connectivity index (χ0v) is 16.9. The molecule has 2 aromatic carbocycles. The number of carbonyl (C=O) groups is 1. The maximum atomic E-state index is 13.0. The summed E-state index contributed by atoms with van der Waals surface area (Å²) in [5.41, 5.74) is 1.28. The molecule has 1 saturated heterocycles. The van der Waals surface area contributed by atoms with Gasteiger partial charge in [-0.15, -0.1) is 0 Å². The molecular formula is C23H21F3N4O. The Bertz CT molecular complexity index is 1040. The van der Waals surface area contributed by atoms with Crippen LogP contribution in [0.3, 0.4) is 0 Å². The van der Waals surface area contributed by atoms with Crippen molar-refractivity contribution < 1.29 is 18.0 Å². The van der Waals surface area contributed by atoms with E-state index in [0.717, 1.165) is 17.7 Å². The maximum Gasteiger partial charge on any atom is 0.416 e. The zero-order valence-electron chi connectivity index (χ0n) is 16.9. The van der Waals surface area contributed by atoms with Gasteiger partial charge in [-0.3, -0.25) is 4.79 Å². The van der Waals surface area contributed by atoms with Gasteiger partial charge in [-0.25, -0.2) is 9.97 Å². The minimum absolute atomic E-state index is 0.0142. The summed E-state index contributed by atoms with van der Waals surface area (Å²) in [5.74, 6) is 0.586. The average molecular weight is 426 g/mol. The van der Waals surface area contributed by atoms with Crippen molar-refractivity contribution in [2.75, 3.05) is 24.5 Å². The molecule has 0 saturated carbocycles. The lowest BCUT2D eigenvalue weighted by molar-refractivity contribution is -0.137. The average Bonchev–Trinajstić information content (AvgIpc) is 2.79. The monoisotopic (exact) mass is 426 g/mol. The van der Waals surface area contributed by atoms with E-state index in [9.17, 15) is 18.0 Å². The molecule has 0 spiro atoms. The summed E-state index contributed by atoms with van der Waals surface area (Å²) in [7, 11) is 0.